The minimum Gasteiger partial charge on any atom is -0.508 e. The number of carbonyl (C=O) groups excluding carboxylic acids is 1. The van der Waals surface area contributed by atoms with Gasteiger partial charge in [-0.3, -0.25) is 4.79 Å². The third kappa shape index (κ3) is 3.18. The average molecular weight is 299 g/mol. The van der Waals surface area contributed by atoms with Crippen LogP contribution in [0.1, 0.15) is 57.1 Å². The third-order valence-electron chi connectivity index (χ3n) is 4.78. The molecule has 0 amide bonds. The van der Waals surface area contributed by atoms with Crippen LogP contribution in [0.4, 0.5) is 0 Å². The lowest BCUT2D eigenvalue weighted by Crippen LogP contribution is -2.44. The summed E-state index contributed by atoms with van der Waals surface area (Å²) in [6.07, 6.45) is 8.28. The van der Waals surface area contributed by atoms with E-state index in [0.29, 0.717) is 0 Å². The van der Waals surface area contributed by atoms with Crippen LogP contribution in [0, 0.1) is 5.92 Å². The molecule has 0 unspecified atom stereocenters. The standard InChI is InChI=1S/C19H25NO2/c1-19(2)12-14-10-15(21)8-9-16(14)17(20-19)11-18(22)13-6-4-3-5-7-13/h8-11,13,20-21H,3-7,12H2,1-2H3/b17-11-. The minimum absolute atomic E-state index is 0.112. The zero-order valence-corrected chi connectivity index (χ0v) is 13.5. The van der Waals surface area contributed by atoms with Crippen molar-refractivity contribution >= 4 is 11.5 Å². The summed E-state index contributed by atoms with van der Waals surface area (Å²) in [4.78, 5) is 12.6. The number of nitrogens with one attached hydrogen (secondary N) is 1. The van der Waals surface area contributed by atoms with Gasteiger partial charge in [-0.1, -0.05) is 19.3 Å². The van der Waals surface area contributed by atoms with Crippen LogP contribution in [0.15, 0.2) is 24.3 Å². The maximum absolute atomic E-state index is 12.6. The van der Waals surface area contributed by atoms with Crippen LogP contribution in [-0.2, 0) is 11.2 Å². The first-order valence-corrected chi connectivity index (χ1v) is 8.31. The fourth-order valence-electron chi connectivity index (χ4n) is 3.70. The average Bonchev–Trinajstić information content (AvgIpc) is 2.46. The summed E-state index contributed by atoms with van der Waals surface area (Å²) < 4.78 is 0. The van der Waals surface area contributed by atoms with Crippen molar-refractivity contribution in [1.29, 1.82) is 0 Å². The molecule has 2 aliphatic rings. The van der Waals surface area contributed by atoms with Gasteiger partial charge < -0.3 is 10.4 Å². The molecule has 1 fully saturated rings. The summed E-state index contributed by atoms with van der Waals surface area (Å²) in [6.45, 7) is 4.25. The molecule has 0 aromatic heterocycles. The van der Waals surface area contributed by atoms with Crippen LogP contribution in [0.2, 0.25) is 0 Å². The first-order chi connectivity index (χ1) is 10.4. The molecule has 3 rings (SSSR count). The molecule has 1 saturated carbocycles. The second-order valence-corrected chi connectivity index (χ2v) is 7.32. The van der Waals surface area contributed by atoms with Gasteiger partial charge >= 0.3 is 0 Å². The maximum Gasteiger partial charge on any atom is 0.160 e. The van der Waals surface area contributed by atoms with Gasteiger partial charge in [0, 0.05) is 28.8 Å². The van der Waals surface area contributed by atoms with Crippen molar-refractivity contribution in [2.45, 2.75) is 57.9 Å². The molecule has 0 radical (unpaired) electrons. The van der Waals surface area contributed by atoms with Gasteiger partial charge in [0.25, 0.3) is 0 Å². The quantitative estimate of drug-likeness (QED) is 0.817. The van der Waals surface area contributed by atoms with E-state index in [4.69, 9.17) is 0 Å². The van der Waals surface area contributed by atoms with E-state index in [1.54, 1.807) is 12.1 Å². The number of benzene rings is 1. The highest BCUT2D eigenvalue weighted by molar-refractivity contribution is 5.98. The van der Waals surface area contributed by atoms with Gasteiger partial charge in [0.2, 0.25) is 0 Å². The summed E-state index contributed by atoms with van der Waals surface area (Å²) in [7, 11) is 0. The van der Waals surface area contributed by atoms with Crippen LogP contribution >= 0.6 is 0 Å². The van der Waals surface area contributed by atoms with E-state index in [1.807, 2.05) is 12.1 Å². The predicted octanol–water partition coefficient (Wildman–Crippen LogP) is 3.81. The number of carbonyl (C=O) groups is 1. The Labute approximate surface area is 132 Å². The fourth-order valence-corrected chi connectivity index (χ4v) is 3.70. The molecule has 2 N–H and O–H groups in total. The topological polar surface area (TPSA) is 49.3 Å². The molecule has 1 aliphatic heterocycles. The monoisotopic (exact) mass is 299 g/mol. The fraction of sp³-hybridized carbons (Fsp3) is 0.526. The normalized spacial score (nSPS) is 22.9. The molecule has 0 saturated heterocycles. The van der Waals surface area contributed by atoms with E-state index in [-0.39, 0.29) is 23.0 Å². The van der Waals surface area contributed by atoms with Crippen molar-refractivity contribution in [2.75, 3.05) is 0 Å². The van der Waals surface area contributed by atoms with Crippen LogP contribution < -0.4 is 5.32 Å². The molecule has 22 heavy (non-hydrogen) atoms. The number of aromatic hydroxyl groups is 1. The Balaban J connectivity index is 1.92. The van der Waals surface area contributed by atoms with E-state index < -0.39 is 0 Å². The van der Waals surface area contributed by atoms with E-state index >= 15 is 0 Å². The number of hydrogen-bond donors (Lipinski definition) is 2. The van der Waals surface area contributed by atoms with Gasteiger partial charge in [-0.2, -0.15) is 0 Å². The molecule has 3 nitrogen and oxygen atoms in total. The van der Waals surface area contributed by atoms with Gasteiger partial charge in [0.1, 0.15) is 5.75 Å². The number of allylic oxidation sites excluding steroid dienone is 1. The molecule has 0 spiro atoms. The summed E-state index contributed by atoms with van der Waals surface area (Å²) in [6, 6.07) is 5.42. The number of fused-ring (bicyclic) bond motifs is 1. The molecular weight excluding hydrogens is 274 g/mol. The smallest absolute Gasteiger partial charge is 0.160 e. The highest BCUT2D eigenvalue weighted by atomic mass is 16.3. The largest absolute Gasteiger partial charge is 0.508 e. The van der Waals surface area contributed by atoms with Crippen molar-refractivity contribution in [3.8, 4) is 5.75 Å². The van der Waals surface area contributed by atoms with E-state index in [2.05, 4.69) is 19.2 Å². The number of phenolic OH excluding ortho intramolecular Hbond substituents is 1. The number of rotatable bonds is 2. The number of phenols is 1. The lowest BCUT2D eigenvalue weighted by molar-refractivity contribution is -0.119. The summed E-state index contributed by atoms with van der Waals surface area (Å²) >= 11 is 0. The van der Waals surface area contributed by atoms with Gasteiger partial charge in [-0.15, -0.1) is 0 Å². The van der Waals surface area contributed by atoms with Gasteiger partial charge in [0.05, 0.1) is 0 Å². The number of ketones is 1. The Morgan fingerprint density at radius 2 is 2.00 bits per heavy atom. The Morgan fingerprint density at radius 3 is 2.73 bits per heavy atom. The molecule has 3 heteroatoms. The Kier molecular flexibility index (Phi) is 3.98. The highest BCUT2D eigenvalue weighted by Crippen LogP contribution is 2.33. The van der Waals surface area contributed by atoms with E-state index in [1.165, 1.54) is 19.3 Å². The van der Waals surface area contributed by atoms with Crippen molar-refractivity contribution in [1.82, 2.24) is 5.32 Å². The molecular formula is C19H25NO2. The molecule has 0 atom stereocenters. The summed E-state index contributed by atoms with van der Waals surface area (Å²) in [5.41, 5.74) is 2.94. The highest BCUT2D eigenvalue weighted by Gasteiger charge is 2.29. The molecule has 1 aliphatic carbocycles. The van der Waals surface area contributed by atoms with E-state index in [9.17, 15) is 9.90 Å². The maximum atomic E-state index is 12.6. The lowest BCUT2D eigenvalue weighted by Gasteiger charge is -2.36. The predicted molar refractivity (Wildman–Crippen MR) is 88.6 cm³/mol. The molecule has 118 valence electrons. The SMILES string of the molecule is CC1(C)Cc2cc(O)ccc2/C(=C/C(=O)C2CCCCC2)N1. The third-order valence-corrected chi connectivity index (χ3v) is 4.78. The van der Waals surface area contributed by atoms with E-state index in [0.717, 1.165) is 36.1 Å². The summed E-state index contributed by atoms with van der Waals surface area (Å²) in [5.74, 6) is 0.724. The second kappa shape index (κ2) is 5.79. The number of hydrogen-bond acceptors (Lipinski definition) is 3. The minimum atomic E-state index is -0.112. The summed E-state index contributed by atoms with van der Waals surface area (Å²) in [5, 5.41) is 13.2. The Bertz CT molecular complexity index is 610. The lowest BCUT2D eigenvalue weighted by atomic mass is 9.83. The first-order valence-electron chi connectivity index (χ1n) is 8.31. The van der Waals surface area contributed by atoms with Crippen LogP contribution in [0.3, 0.4) is 0 Å². The van der Waals surface area contributed by atoms with Crippen molar-refractivity contribution in [3.63, 3.8) is 0 Å². The molecule has 1 heterocycles. The Hall–Kier alpha value is -1.77. The van der Waals surface area contributed by atoms with Crippen LogP contribution in [0.25, 0.3) is 5.70 Å². The van der Waals surface area contributed by atoms with Crippen molar-refractivity contribution in [3.05, 3.63) is 35.4 Å². The molecule has 1 aromatic rings. The van der Waals surface area contributed by atoms with Crippen LogP contribution in [-0.4, -0.2) is 16.4 Å². The molecule has 0 bridgehead atoms. The zero-order valence-electron chi connectivity index (χ0n) is 13.5. The molecule has 1 aromatic carbocycles. The van der Waals surface area contributed by atoms with Crippen molar-refractivity contribution in [2.24, 2.45) is 5.92 Å². The van der Waals surface area contributed by atoms with Crippen LogP contribution in [0.5, 0.6) is 5.75 Å². The van der Waals surface area contributed by atoms with Gasteiger partial charge in [-0.05, 0) is 56.9 Å². The van der Waals surface area contributed by atoms with Gasteiger partial charge in [-0.25, -0.2) is 0 Å². The zero-order chi connectivity index (χ0) is 15.7. The van der Waals surface area contributed by atoms with Crippen molar-refractivity contribution < 1.29 is 9.90 Å². The first kappa shape index (κ1) is 15.1. The van der Waals surface area contributed by atoms with Gasteiger partial charge in [0.15, 0.2) is 5.78 Å². The Morgan fingerprint density at radius 1 is 1.27 bits per heavy atom. The second-order valence-electron chi connectivity index (χ2n) is 7.32.